The molecule has 0 bridgehead atoms. The van der Waals surface area contributed by atoms with Gasteiger partial charge in [0.1, 0.15) is 5.75 Å². The Balaban J connectivity index is 1.69. The zero-order valence-electron chi connectivity index (χ0n) is 14.7. The van der Waals surface area contributed by atoms with Gasteiger partial charge in [0.2, 0.25) is 11.8 Å². The van der Waals surface area contributed by atoms with E-state index >= 15 is 0 Å². The smallest absolute Gasteiger partial charge is 0.227 e. The summed E-state index contributed by atoms with van der Waals surface area (Å²) in [5.74, 6) is 0.0107. The van der Waals surface area contributed by atoms with Crippen molar-refractivity contribution in [3.63, 3.8) is 0 Å². The van der Waals surface area contributed by atoms with Crippen LogP contribution in [0.15, 0.2) is 48.5 Å². The van der Waals surface area contributed by atoms with Crippen LogP contribution in [0.5, 0.6) is 5.75 Å². The molecule has 0 aromatic heterocycles. The summed E-state index contributed by atoms with van der Waals surface area (Å²) >= 11 is 6.01. The second-order valence-corrected chi connectivity index (χ2v) is 6.80. The van der Waals surface area contributed by atoms with Gasteiger partial charge in [-0.3, -0.25) is 9.59 Å². The number of anilines is 1. The van der Waals surface area contributed by atoms with Crippen LogP contribution >= 0.6 is 11.6 Å². The lowest BCUT2D eigenvalue weighted by Crippen LogP contribution is -2.34. The molecule has 0 spiro atoms. The summed E-state index contributed by atoms with van der Waals surface area (Å²) in [4.78, 5) is 26.7. The normalized spacial score (nSPS) is 17.9. The lowest BCUT2D eigenvalue weighted by Gasteiger charge is -2.20. The van der Waals surface area contributed by atoms with Gasteiger partial charge >= 0.3 is 0 Å². The van der Waals surface area contributed by atoms with Gasteiger partial charge in [0.25, 0.3) is 0 Å². The number of rotatable bonds is 5. The number of methoxy groups -OCH3 is 1. The Morgan fingerprint density at radius 3 is 2.77 bits per heavy atom. The largest absolute Gasteiger partial charge is 0.495 e. The number of hydrogen-bond donors (Lipinski definition) is 1. The second kappa shape index (κ2) is 7.79. The third-order valence-corrected chi connectivity index (χ3v) is 4.81. The summed E-state index contributed by atoms with van der Waals surface area (Å²) in [7, 11) is 1.57. The third-order valence-electron chi connectivity index (χ3n) is 4.58. The van der Waals surface area contributed by atoms with Crippen molar-refractivity contribution in [3.05, 3.63) is 59.1 Å². The molecule has 0 radical (unpaired) electrons. The zero-order chi connectivity index (χ0) is 18.7. The molecule has 0 saturated carbocycles. The fraction of sp³-hybridized carbons (Fsp3) is 0.300. The monoisotopic (exact) mass is 372 g/mol. The highest BCUT2D eigenvalue weighted by Gasteiger charge is 2.36. The van der Waals surface area contributed by atoms with Gasteiger partial charge in [-0.1, -0.05) is 35.9 Å². The van der Waals surface area contributed by atoms with Gasteiger partial charge in [0.15, 0.2) is 0 Å². The Bertz CT molecular complexity index is 824. The van der Waals surface area contributed by atoms with Crippen molar-refractivity contribution in [2.24, 2.45) is 5.92 Å². The fourth-order valence-corrected chi connectivity index (χ4v) is 3.36. The molecular weight excluding hydrogens is 352 g/mol. The number of carbonyl (C=O) groups excluding carboxylic acids is 2. The number of nitrogens with one attached hydrogen (secondary N) is 1. The standard InChI is InChI=1S/C20H21ClN2O3/c1-13(14-6-5-7-16(21)10-14)22-20(25)15-11-19(24)23(12-15)17-8-3-4-9-18(17)26-2/h3-10,13,15H,11-12H2,1-2H3,(H,22,25). The van der Waals surface area contributed by atoms with Gasteiger partial charge in [-0.05, 0) is 36.8 Å². The first-order valence-corrected chi connectivity index (χ1v) is 8.86. The van der Waals surface area contributed by atoms with Crippen molar-refractivity contribution < 1.29 is 14.3 Å². The molecule has 26 heavy (non-hydrogen) atoms. The third kappa shape index (κ3) is 3.83. The number of halogens is 1. The predicted molar refractivity (Wildman–Crippen MR) is 101 cm³/mol. The van der Waals surface area contributed by atoms with Gasteiger partial charge in [0, 0.05) is 18.0 Å². The summed E-state index contributed by atoms with van der Waals surface area (Å²) < 4.78 is 5.33. The number of para-hydroxylation sites is 2. The summed E-state index contributed by atoms with van der Waals surface area (Å²) in [6, 6.07) is 14.5. The number of benzene rings is 2. The quantitative estimate of drug-likeness (QED) is 0.872. The van der Waals surface area contributed by atoms with Crippen LogP contribution in [0.2, 0.25) is 5.02 Å². The Hall–Kier alpha value is -2.53. The molecule has 2 aromatic rings. The maximum absolute atomic E-state index is 12.6. The lowest BCUT2D eigenvalue weighted by molar-refractivity contribution is -0.126. The molecule has 2 atom stereocenters. The average molecular weight is 373 g/mol. The Morgan fingerprint density at radius 2 is 2.04 bits per heavy atom. The number of carbonyl (C=O) groups is 2. The molecule has 1 heterocycles. The molecule has 1 fully saturated rings. The van der Waals surface area contributed by atoms with Gasteiger partial charge in [0.05, 0.1) is 24.8 Å². The number of hydrogen-bond acceptors (Lipinski definition) is 3. The van der Waals surface area contributed by atoms with E-state index in [9.17, 15) is 9.59 Å². The SMILES string of the molecule is COc1ccccc1N1CC(C(=O)NC(C)c2cccc(Cl)c2)CC1=O. The molecule has 2 unspecified atom stereocenters. The van der Waals surface area contributed by atoms with Crippen molar-refractivity contribution >= 4 is 29.1 Å². The molecule has 1 saturated heterocycles. The van der Waals surface area contributed by atoms with Crippen LogP contribution in [-0.4, -0.2) is 25.5 Å². The minimum atomic E-state index is -0.394. The molecule has 2 aromatic carbocycles. The van der Waals surface area contributed by atoms with Gasteiger partial charge in [-0.25, -0.2) is 0 Å². The van der Waals surface area contributed by atoms with Crippen molar-refractivity contribution in [1.29, 1.82) is 0 Å². The number of amides is 2. The Morgan fingerprint density at radius 1 is 1.27 bits per heavy atom. The maximum Gasteiger partial charge on any atom is 0.227 e. The number of ether oxygens (including phenoxy) is 1. The Kier molecular flexibility index (Phi) is 5.47. The summed E-state index contributed by atoms with van der Waals surface area (Å²) in [5, 5.41) is 3.61. The first-order valence-electron chi connectivity index (χ1n) is 8.49. The van der Waals surface area contributed by atoms with E-state index in [0.29, 0.717) is 23.0 Å². The predicted octanol–water partition coefficient (Wildman–Crippen LogP) is 3.58. The van der Waals surface area contributed by atoms with Crippen LogP contribution in [0.3, 0.4) is 0 Å². The Labute approximate surface area is 157 Å². The van der Waals surface area contributed by atoms with Crippen LogP contribution in [0.1, 0.15) is 24.9 Å². The molecule has 5 nitrogen and oxygen atoms in total. The highest BCUT2D eigenvalue weighted by Crippen LogP contribution is 2.33. The van der Waals surface area contributed by atoms with E-state index in [1.807, 2.05) is 43.3 Å². The molecule has 1 aliphatic rings. The minimum absolute atomic E-state index is 0.0786. The van der Waals surface area contributed by atoms with Crippen LogP contribution < -0.4 is 15.0 Å². The van der Waals surface area contributed by atoms with Gasteiger partial charge < -0.3 is 15.0 Å². The zero-order valence-corrected chi connectivity index (χ0v) is 15.5. The van der Waals surface area contributed by atoms with E-state index in [1.165, 1.54) is 0 Å². The summed E-state index contributed by atoms with van der Waals surface area (Å²) in [6.45, 7) is 2.24. The minimum Gasteiger partial charge on any atom is -0.495 e. The maximum atomic E-state index is 12.6. The number of nitrogens with zero attached hydrogens (tertiary/aromatic N) is 1. The van der Waals surface area contributed by atoms with E-state index in [2.05, 4.69) is 5.32 Å². The highest BCUT2D eigenvalue weighted by molar-refractivity contribution is 6.30. The van der Waals surface area contributed by atoms with E-state index in [0.717, 1.165) is 5.56 Å². The van der Waals surface area contributed by atoms with Gasteiger partial charge in [-0.2, -0.15) is 0 Å². The lowest BCUT2D eigenvalue weighted by atomic mass is 10.1. The van der Waals surface area contributed by atoms with Crippen molar-refractivity contribution in [3.8, 4) is 5.75 Å². The fourth-order valence-electron chi connectivity index (χ4n) is 3.16. The van der Waals surface area contributed by atoms with Crippen molar-refractivity contribution in [1.82, 2.24) is 5.32 Å². The molecule has 1 N–H and O–H groups in total. The van der Waals surface area contributed by atoms with E-state index in [4.69, 9.17) is 16.3 Å². The van der Waals surface area contributed by atoms with Gasteiger partial charge in [-0.15, -0.1) is 0 Å². The van der Waals surface area contributed by atoms with Crippen LogP contribution in [-0.2, 0) is 9.59 Å². The van der Waals surface area contributed by atoms with Crippen LogP contribution in [0.25, 0.3) is 0 Å². The summed E-state index contributed by atoms with van der Waals surface area (Å²) in [5.41, 5.74) is 1.62. The molecule has 0 aliphatic carbocycles. The molecule has 3 rings (SSSR count). The van der Waals surface area contributed by atoms with E-state index < -0.39 is 5.92 Å². The molecular formula is C20H21ClN2O3. The molecule has 2 amide bonds. The van der Waals surface area contributed by atoms with Crippen LogP contribution in [0.4, 0.5) is 5.69 Å². The van der Waals surface area contributed by atoms with E-state index in [-0.39, 0.29) is 24.3 Å². The molecule has 6 heteroatoms. The van der Waals surface area contributed by atoms with Crippen molar-refractivity contribution in [2.75, 3.05) is 18.6 Å². The molecule has 1 aliphatic heterocycles. The first-order chi connectivity index (χ1) is 12.5. The average Bonchev–Trinajstić information content (AvgIpc) is 3.03. The summed E-state index contributed by atoms with van der Waals surface area (Å²) in [6.07, 6.45) is 0.187. The highest BCUT2D eigenvalue weighted by atomic mass is 35.5. The molecule has 136 valence electrons. The van der Waals surface area contributed by atoms with Crippen molar-refractivity contribution in [2.45, 2.75) is 19.4 Å². The van der Waals surface area contributed by atoms with E-state index in [1.54, 1.807) is 24.1 Å². The second-order valence-electron chi connectivity index (χ2n) is 6.36. The van der Waals surface area contributed by atoms with Crippen LogP contribution in [0, 0.1) is 5.92 Å². The first kappa shape index (κ1) is 18.3. The topological polar surface area (TPSA) is 58.6 Å².